The van der Waals surface area contributed by atoms with Crippen LogP contribution < -0.4 is 61.8 Å². The normalized spacial score (nSPS) is 11.3. The van der Waals surface area contributed by atoms with Gasteiger partial charge in [0.15, 0.2) is 0 Å². The van der Waals surface area contributed by atoms with Crippen molar-refractivity contribution in [1.29, 1.82) is 0 Å². The average molecular weight is 317 g/mol. The molecule has 1 amide bonds. The summed E-state index contributed by atoms with van der Waals surface area (Å²) in [5.74, 6) is -1.46. The smallest absolute Gasteiger partial charge is 0.548 e. The molecule has 21 heavy (non-hydrogen) atoms. The van der Waals surface area contributed by atoms with Gasteiger partial charge in [0.25, 0.3) is 0 Å². The van der Waals surface area contributed by atoms with E-state index in [0.29, 0.717) is 12.0 Å². The van der Waals surface area contributed by atoms with Gasteiger partial charge in [-0.3, -0.25) is 4.79 Å². The number of hydrogen-bond donors (Lipinski definition) is 2. The van der Waals surface area contributed by atoms with Crippen LogP contribution in [-0.4, -0.2) is 23.0 Å². The SMILES string of the molecule is CCCCCC(=O)N[C@@H](Cc1ccc(O)cc1)C(=O)[O-].[K+]. The molecular weight excluding hydrogens is 297 g/mol. The molecule has 0 heterocycles. The summed E-state index contributed by atoms with van der Waals surface area (Å²) in [4.78, 5) is 22.7. The molecule has 0 spiro atoms. The van der Waals surface area contributed by atoms with Gasteiger partial charge in [-0.25, -0.2) is 0 Å². The number of benzene rings is 1. The van der Waals surface area contributed by atoms with Crippen LogP contribution in [0.15, 0.2) is 24.3 Å². The summed E-state index contributed by atoms with van der Waals surface area (Å²) in [6.45, 7) is 2.03. The average Bonchev–Trinajstić information content (AvgIpc) is 2.40. The quantitative estimate of drug-likeness (QED) is 0.419. The largest absolute Gasteiger partial charge is 1.00 e. The van der Waals surface area contributed by atoms with Gasteiger partial charge >= 0.3 is 51.4 Å². The van der Waals surface area contributed by atoms with Crippen LogP contribution in [0.25, 0.3) is 0 Å². The number of aliphatic carboxylic acids is 1. The number of carbonyl (C=O) groups is 2. The first kappa shape index (κ1) is 20.6. The fourth-order valence-electron chi connectivity index (χ4n) is 1.86. The van der Waals surface area contributed by atoms with Crippen molar-refractivity contribution < 1.29 is 71.2 Å². The summed E-state index contributed by atoms with van der Waals surface area (Å²) in [7, 11) is 0. The molecule has 0 saturated heterocycles. The van der Waals surface area contributed by atoms with E-state index in [2.05, 4.69) is 5.32 Å². The Morgan fingerprint density at radius 2 is 1.86 bits per heavy atom. The Balaban J connectivity index is 0.00000400. The predicted octanol–water partition coefficient (Wildman–Crippen LogP) is -2.25. The van der Waals surface area contributed by atoms with Gasteiger partial charge in [-0.05, 0) is 30.5 Å². The molecule has 0 bridgehead atoms. The predicted molar refractivity (Wildman–Crippen MR) is 72.9 cm³/mol. The van der Waals surface area contributed by atoms with E-state index in [1.165, 1.54) is 12.1 Å². The van der Waals surface area contributed by atoms with Gasteiger partial charge in [0.2, 0.25) is 5.91 Å². The van der Waals surface area contributed by atoms with Gasteiger partial charge in [0, 0.05) is 6.42 Å². The van der Waals surface area contributed by atoms with E-state index < -0.39 is 12.0 Å². The molecule has 1 aromatic rings. The maximum atomic E-state index is 11.6. The van der Waals surface area contributed by atoms with E-state index in [0.717, 1.165) is 19.3 Å². The van der Waals surface area contributed by atoms with Crippen molar-refractivity contribution in [2.45, 2.75) is 45.1 Å². The van der Waals surface area contributed by atoms with Gasteiger partial charge in [-0.15, -0.1) is 0 Å². The van der Waals surface area contributed by atoms with Crippen molar-refractivity contribution in [2.75, 3.05) is 0 Å². The minimum Gasteiger partial charge on any atom is -0.548 e. The Bertz CT molecular complexity index is 447. The van der Waals surface area contributed by atoms with Gasteiger partial charge in [0.1, 0.15) is 5.75 Å². The number of rotatable bonds is 8. The molecule has 0 saturated carbocycles. The molecule has 5 nitrogen and oxygen atoms in total. The minimum absolute atomic E-state index is 0. The van der Waals surface area contributed by atoms with E-state index in [9.17, 15) is 14.7 Å². The number of aromatic hydroxyl groups is 1. The number of carboxylic acid groups (broad SMARTS) is 1. The Labute approximate surface area is 167 Å². The Morgan fingerprint density at radius 3 is 2.38 bits per heavy atom. The summed E-state index contributed by atoms with van der Waals surface area (Å²) in [6.07, 6.45) is 3.17. The number of amides is 1. The van der Waals surface area contributed by atoms with E-state index in [1.54, 1.807) is 12.1 Å². The van der Waals surface area contributed by atoms with Crippen LogP contribution >= 0.6 is 0 Å². The molecule has 0 fully saturated rings. The Kier molecular flexibility index (Phi) is 11.0. The van der Waals surface area contributed by atoms with Crippen molar-refractivity contribution in [1.82, 2.24) is 5.32 Å². The molecular formula is C15H20KNO4. The third kappa shape index (κ3) is 8.58. The summed E-state index contributed by atoms with van der Waals surface area (Å²) >= 11 is 0. The van der Waals surface area contributed by atoms with E-state index in [1.807, 2.05) is 6.92 Å². The molecule has 0 aromatic heterocycles. The van der Waals surface area contributed by atoms with Crippen LogP contribution in [0, 0.1) is 0 Å². The number of nitrogens with one attached hydrogen (secondary N) is 1. The third-order valence-corrected chi connectivity index (χ3v) is 3.00. The number of unbranched alkanes of at least 4 members (excludes halogenated alkanes) is 2. The summed E-state index contributed by atoms with van der Waals surface area (Å²) in [6, 6.07) is 5.15. The second-order valence-corrected chi connectivity index (χ2v) is 4.77. The molecule has 1 rings (SSSR count). The molecule has 6 heteroatoms. The van der Waals surface area contributed by atoms with Crippen molar-refractivity contribution in [3.05, 3.63) is 29.8 Å². The van der Waals surface area contributed by atoms with Crippen LogP contribution in [0.5, 0.6) is 5.75 Å². The van der Waals surface area contributed by atoms with Crippen LogP contribution in [0.3, 0.4) is 0 Å². The van der Waals surface area contributed by atoms with Gasteiger partial charge in [0.05, 0.1) is 12.0 Å². The molecule has 0 radical (unpaired) electrons. The van der Waals surface area contributed by atoms with Crippen molar-refractivity contribution in [3.8, 4) is 5.75 Å². The maximum Gasteiger partial charge on any atom is 1.00 e. The summed E-state index contributed by atoms with van der Waals surface area (Å²) < 4.78 is 0. The fourth-order valence-corrected chi connectivity index (χ4v) is 1.86. The third-order valence-electron chi connectivity index (χ3n) is 3.00. The monoisotopic (exact) mass is 317 g/mol. The zero-order valence-electron chi connectivity index (χ0n) is 12.6. The van der Waals surface area contributed by atoms with E-state index >= 15 is 0 Å². The summed E-state index contributed by atoms with van der Waals surface area (Å²) in [5, 5.41) is 22.7. The van der Waals surface area contributed by atoms with Gasteiger partial charge in [-0.1, -0.05) is 31.9 Å². The zero-order chi connectivity index (χ0) is 15.0. The van der Waals surface area contributed by atoms with Crippen molar-refractivity contribution in [3.63, 3.8) is 0 Å². The Morgan fingerprint density at radius 1 is 1.24 bits per heavy atom. The molecule has 0 unspecified atom stereocenters. The number of carbonyl (C=O) groups excluding carboxylic acids is 2. The van der Waals surface area contributed by atoms with E-state index in [-0.39, 0.29) is 69.5 Å². The molecule has 2 N–H and O–H groups in total. The fraction of sp³-hybridized carbons (Fsp3) is 0.467. The number of hydrogen-bond acceptors (Lipinski definition) is 4. The van der Waals surface area contributed by atoms with Crippen LogP contribution in [0.4, 0.5) is 0 Å². The first-order valence-corrected chi connectivity index (χ1v) is 6.81. The molecule has 0 aliphatic heterocycles. The number of phenols is 1. The molecule has 0 aliphatic rings. The number of carboxylic acids is 1. The van der Waals surface area contributed by atoms with E-state index in [4.69, 9.17) is 5.11 Å². The molecule has 0 aliphatic carbocycles. The van der Waals surface area contributed by atoms with Gasteiger partial charge < -0.3 is 20.3 Å². The minimum atomic E-state index is -1.30. The maximum absolute atomic E-state index is 11.6. The van der Waals surface area contributed by atoms with Crippen LogP contribution in [0.1, 0.15) is 38.2 Å². The standard InChI is InChI=1S/C15H21NO4.K/c1-2-3-4-5-14(18)16-13(15(19)20)10-11-6-8-12(17)9-7-11;/h6-9,13,17H,2-5,10H2,1H3,(H,16,18)(H,19,20);/q;+1/p-1/t13-;/m0./s1. The summed E-state index contributed by atoms with van der Waals surface area (Å²) in [5.41, 5.74) is 0.714. The second-order valence-electron chi connectivity index (χ2n) is 4.77. The van der Waals surface area contributed by atoms with Gasteiger partial charge in [-0.2, -0.15) is 0 Å². The topological polar surface area (TPSA) is 89.5 Å². The van der Waals surface area contributed by atoms with Crippen LogP contribution in [0.2, 0.25) is 0 Å². The first-order chi connectivity index (χ1) is 9.52. The Hall–Kier alpha value is -0.404. The van der Waals surface area contributed by atoms with Crippen LogP contribution in [-0.2, 0) is 16.0 Å². The van der Waals surface area contributed by atoms with Crippen molar-refractivity contribution in [2.24, 2.45) is 0 Å². The molecule has 110 valence electrons. The zero-order valence-corrected chi connectivity index (χ0v) is 15.7. The van der Waals surface area contributed by atoms with Crippen molar-refractivity contribution >= 4 is 11.9 Å². The molecule has 1 atom stereocenters. The molecule has 1 aromatic carbocycles. The number of phenolic OH excluding ortho intramolecular Hbond substituents is 1. The first-order valence-electron chi connectivity index (χ1n) is 6.81. The second kappa shape index (κ2) is 11.2.